The van der Waals surface area contributed by atoms with Gasteiger partial charge in [-0.1, -0.05) is 96.0 Å². The monoisotopic (exact) mass is 990 g/mol. The number of hydrogen-bond acceptors (Lipinski definition) is 8. The van der Waals surface area contributed by atoms with Crippen LogP contribution in [0.2, 0.25) is 10.0 Å². The van der Waals surface area contributed by atoms with Gasteiger partial charge in [-0.2, -0.15) is 10.2 Å². The van der Waals surface area contributed by atoms with E-state index in [2.05, 4.69) is 64.0 Å². The van der Waals surface area contributed by atoms with E-state index in [1.807, 2.05) is 48.5 Å². The number of rotatable bonds is 23. The van der Waals surface area contributed by atoms with Crippen LogP contribution in [0.4, 0.5) is 0 Å². The lowest BCUT2D eigenvalue weighted by Crippen LogP contribution is -2.24. The number of aliphatic hydroxyl groups excluding tert-OH is 2. The van der Waals surface area contributed by atoms with E-state index in [4.69, 9.17) is 53.1 Å². The molecule has 2 aliphatic carbocycles. The van der Waals surface area contributed by atoms with Gasteiger partial charge in [0.25, 0.3) is 0 Å². The maximum Gasteiger partial charge on any atom is 0.329 e. The van der Waals surface area contributed by atoms with Crippen molar-refractivity contribution < 1.29 is 39.5 Å². The number of benzene rings is 4. The molecule has 2 fully saturated rings. The highest BCUT2D eigenvalue weighted by atomic mass is 35.5. The van der Waals surface area contributed by atoms with Gasteiger partial charge in [-0.05, 0) is 148 Å². The molecule has 4 aromatic carbocycles. The van der Waals surface area contributed by atoms with E-state index in [0.717, 1.165) is 132 Å². The maximum atomic E-state index is 11.1. The Morgan fingerprint density at radius 3 is 1.66 bits per heavy atom. The van der Waals surface area contributed by atoms with Crippen LogP contribution < -0.4 is 0 Å². The molecule has 0 amide bonds. The van der Waals surface area contributed by atoms with Crippen LogP contribution in [0.25, 0.3) is 44.8 Å². The maximum absolute atomic E-state index is 11.1. The van der Waals surface area contributed by atoms with Crippen molar-refractivity contribution in [2.24, 2.45) is 23.7 Å². The molecule has 4 N–H and O–H groups in total. The Hall–Kier alpha value is -5.34. The highest BCUT2D eigenvalue weighted by molar-refractivity contribution is 6.31. The molecule has 2 aromatic heterocycles. The predicted molar refractivity (Wildman–Crippen MR) is 273 cm³/mol. The Balaban J connectivity index is 1.12. The van der Waals surface area contributed by atoms with Crippen LogP contribution >= 0.6 is 23.2 Å². The summed E-state index contributed by atoms with van der Waals surface area (Å²) in [6, 6.07) is 34.8. The summed E-state index contributed by atoms with van der Waals surface area (Å²) in [7, 11) is 0. The molecule has 370 valence electrons. The van der Waals surface area contributed by atoms with E-state index in [1.165, 1.54) is 0 Å². The number of ether oxygens (including phenoxy) is 2. The first-order valence-corrected chi connectivity index (χ1v) is 25.5. The molecule has 0 spiro atoms. The van der Waals surface area contributed by atoms with Gasteiger partial charge in [0.05, 0.1) is 25.9 Å². The molecule has 14 heteroatoms. The number of aliphatic carboxylic acids is 2. The van der Waals surface area contributed by atoms with Crippen LogP contribution in [0.15, 0.2) is 103 Å². The third kappa shape index (κ3) is 13.5. The number of carboxylic acids is 2. The molecule has 0 bridgehead atoms. The summed E-state index contributed by atoms with van der Waals surface area (Å²) in [5.41, 5.74) is 11.1. The number of nitrogens with zero attached hydrogens (tertiary/aromatic N) is 4. The number of carbonyl (C=O) groups is 2. The molecule has 8 rings (SSSR count). The van der Waals surface area contributed by atoms with Crippen LogP contribution in [0, 0.1) is 23.7 Å². The van der Waals surface area contributed by atoms with Crippen LogP contribution in [-0.4, -0.2) is 91.1 Å². The first kappa shape index (κ1) is 51.0. The van der Waals surface area contributed by atoms with Gasteiger partial charge in [-0.15, -0.1) is 0 Å². The van der Waals surface area contributed by atoms with Gasteiger partial charge in [0.2, 0.25) is 0 Å². The van der Waals surface area contributed by atoms with E-state index in [1.54, 1.807) is 0 Å². The zero-order valence-corrected chi connectivity index (χ0v) is 41.1. The summed E-state index contributed by atoms with van der Waals surface area (Å²) in [5, 5.41) is 50.8. The normalized spacial score (nSPS) is 18.7. The molecule has 0 unspecified atom stereocenters. The van der Waals surface area contributed by atoms with Crippen molar-refractivity contribution in [3.63, 3.8) is 0 Å². The second-order valence-corrected chi connectivity index (χ2v) is 20.1. The lowest BCUT2D eigenvalue weighted by Gasteiger charge is -2.28. The van der Waals surface area contributed by atoms with E-state index < -0.39 is 18.0 Å². The summed E-state index contributed by atoms with van der Waals surface area (Å²) >= 11 is 13.1. The average Bonchev–Trinajstić information content (AvgIpc) is 3.91. The lowest BCUT2D eigenvalue weighted by molar-refractivity contribution is -0.143. The van der Waals surface area contributed by atoms with Crippen LogP contribution in [-0.2, 0) is 51.4 Å². The van der Waals surface area contributed by atoms with Gasteiger partial charge in [0.15, 0.2) is 0 Å². The van der Waals surface area contributed by atoms with Crippen molar-refractivity contribution >= 4 is 35.1 Å². The van der Waals surface area contributed by atoms with Crippen molar-refractivity contribution in [3.05, 3.63) is 130 Å². The quantitative estimate of drug-likeness (QED) is 0.0485. The molecule has 2 saturated carbocycles. The van der Waals surface area contributed by atoms with Crippen molar-refractivity contribution in [2.75, 3.05) is 33.0 Å². The third-order valence-corrected chi connectivity index (χ3v) is 14.6. The number of halogens is 2. The Morgan fingerprint density at radius 1 is 0.571 bits per heavy atom. The van der Waals surface area contributed by atoms with Gasteiger partial charge < -0.3 is 29.9 Å². The molecule has 12 nitrogen and oxygen atoms in total. The standard InChI is InChI=1S/C56H64Cl2N4O8/c57-46-23-21-43(22-24-46)55-53(42-7-2-1-3-8-42)49(61(59-55)30-38-12-16-40(17-13-38)33-69-35-51(65)66)26-20-37-6-4-10-45(28-37)56-54(44-9-5-11-47(58)29-44)50(27-25-48(64)32-63)62(60-56)31-39-14-18-41(19-15-39)34-70-36-52(67)68/h1-11,21-24,28-29,38-41,48,63-64H,12-20,25-27,30-36H2,(H,65,66)(H,67,68)/t38?,39?,40?,41?,48-/m0/s1. The fraction of sp³-hybridized carbons (Fsp3) is 0.429. The zero-order valence-electron chi connectivity index (χ0n) is 39.6. The Morgan fingerprint density at radius 2 is 1.09 bits per heavy atom. The van der Waals surface area contributed by atoms with Crippen molar-refractivity contribution in [2.45, 2.75) is 96.2 Å². The fourth-order valence-corrected chi connectivity index (χ4v) is 10.8. The number of aryl methyl sites for hydroxylation is 1. The van der Waals surface area contributed by atoms with Gasteiger partial charge in [-0.3, -0.25) is 9.36 Å². The van der Waals surface area contributed by atoms with Gasteiger partial charge in [0, 0.05) is 56.8 Å². The fourth-order valence-electron chi connectivity index (χ4n) is 10.5. The molecular weight excluding hydrogens is 928 g/mol. The summed E-state index contributed by atoms with van der Waals surface area (Å²) in [5.74, 6) is -0.489. The van der Waals surface area contributed by atoms with Crippen molar-refractivity contribution in [1.82, 2.24) is 19.6 Å². The molecule has 70 heavy (non-hydrogen) atoms. The van der Waals surface area contributed by atoms with Crippen LogP contribution in [0.3, 0.4) is 0 Å². The number of aromatic nitrogens is 4. The average molecular weight is 992 g/mol. The first-order chi connectivity index (χ1) is 34.0. The summed E-state index contributed by atoms with van der Waals surface area (Å²) < 4.78 is 15.3. The molecule has 0 radical (unpaired) electrons. The van der Waals surface area contributed by atoms with Gasteiger partial charge in [-0.25, -0.2) is 9.59 Å². The summed E-state index contributed by atoms with van der Waals surface area (Å²) in [6.45, 7) is 1.48. The number of carboxylic acid groups (broad SMARTS) is 2. The number of aliphatic hydroxyl groups is 2. The minimum absolute atomic E-state index is 0.266. The SMILES string of the molecule is O=C(O)COCC1CCC(Cn2nc(-c3ccc(Cl)cc3)c(-c3ccccc3)c2CCc2cccc(-c3nn(CC4CCC(COCC(=O)O)CC4)c(CC[C@H](O)CO)c3-c3cccc(Cl)c3)c2)CC1. The van der Waals surface area contributed by atoms with Crippen LogP contribution in [0.5, 0.6) is 0 Å². The molecule has 2 heterocycles. The highest BCUT2D eigenvalue weighted by Gasteiger charge is 2.29. The molecule has 0 saturated heterocycles. The highest BCUT2D eigenvalue weighted by Crippen LogP contribution is 2.41. The Labute approximate surface area is 420 Å². The second kappa shape index (κ2) is 24.7. The van der Waals surface area contributed by atoms with Crippen LogP contribution in [0.1, 0.15) is 74.7 Å². The van der Waals surface area contributed by atoms with E-state index in [9.17, 15) is 19.8 Å². The lowest BCUT2D eigenvalue weighted by atomic mass is 9.82. The third-order valence-electron chi connectivity index (χ3n) is 14.1. The predicted octanol–water partition coefficient (Wildman–Crippen LogP) is 10.9. The topological polar surface area (TPSA) is 169 Å². The van der Waals surface area contributed by atoms with Gasteiger partial charge in [0.1, 0.15) is 24.6 Å². The number of hydrogen-bond donors (Lipinski definition) is 4. The van der Waals surface area contributed by atoms with E-state index in [-0.39, 0.29) is 19.8 Å². The Bertz CT molecular complexity index is 2650. The smallest absolute Gasteiger partial charge is 0.329 e. The van der Waals surface area contributed by atoms with Gasteiger partial charge >= 0.3 is 11.9 Å². The van der Waals surface area contributed by atoms with Crippen molar-refractivity contribution in [1.29, 1.82) is 0 Å². The second-order valence-electron chi connectivity index (χ2n) is 19.3. The molecular formula is C56H64Cl2N4O8. The molecule has 1 atom stereocenters. The van der Waals surface area contributed by atoms with E-state index >= 15 is 0 Å². The minimum Gasteiger partial charge on any atom is -0.480 e. The zero-order chi connectivity index (χ0) is 49.0. The summed E-state index contributed by atoms with van der Waals surface area (Å²) in [6.07, 6.45) is 9.21. The summed E-state index contributed by atoms with van der Waals surface area (Å²) in [4.78, 5) is 22.1. The molecule has 6 aromatic rings. The molecule has 2 aliphatic rings. The largest absolute Gasteiger partial charge is 0.480 e. The molecule has 0 aliphatic heterocycles. The Kier molecular flexibility index (Phi) is 18.0. The first-order valence-electron chi connectivity index (χ1n) is 24.7. The van der Waals surface area contributed by atoms with Crippen molar-refractivity contribution in [3.8, 4) is 44.8 Å². The minimum atomic E-state index is -0.957. The van der Waals surface area contributed by atoms with E-state index in [0.29, 0.717) is 66.3 Å².